The smallest absolute Gasteiger partial charge is 0.417 e. The van der Waals surface area contributed by atoms with E-state index in [1.807, 2.05) is 6.07 Å². The van der Waals surface area contributed by atoms with Crippen LogP contribution in [0.1, 0.15) is 83.1 Å². The third kappa shape index (κ3) is 16.1. The average molecular weight is 859 g/mol. The molecule has 1 saturated carbocycles. The zero-order valence-electron chi connectivity index (χ0n) is 35.6. The zero-order chi connectivity index (χ0) is 44.2. The fraction of sp³-hybridized carbons (Fsp3) is 0.578. The second kappa shape index (κ2) is 25.1. The van der Waals surface area contributed by atoms with Gasteiger partial charge < -0.3 is 47.4 Å². The maximum Gasteiger partial charge on any atom is 0.417 e. The van der Waals surface area contributed by atoms with Crippen molar-refractivity contribution in [1.82, 2.24) is 0 Å². The Labute approximate surface area is 356 Å². The first-order chi connectivity index (χ1) is 29.4. The summed E-state index contributed by atoms with van der Waals surface area (Å²) >= 11 is 0. The Balaban J connectivity index is 1.57. The van der Waals surface area contributed by atoms with E-state index >= 15 is 4.39 Å². The standard InChI is InChI=1S/C45H59FO15/c1-6-7-8-9-10-31-11-13-32(14-12-31)33-15-17-35(37(46)23-33)36-18-16-34(24-38(36)61-40(47)30(2)3)57-26-45(27-58-39-25-56-39,28-59-43(50)41(48)54-21-19-52-4)29-60-44(51)42(49)55-22-20-53-5/h15-18,23-24,31-32,39H,2,6-14,19-22,25-29H2,1,3-5H3. The van der Waals surface area contributed by atoms with Gasteiger partial charge in [0, 0.05) is 37.0 Å². The van der Waals surface area contributed by atoms with Crippen LogP contribution in [0.4, 0.5) is 4.39 Å². The third-order valence-electron chi connectivity index (χ3n) is 10.4. The van der Waals surface area contributed by atoms with Gasteiger partial charge >= 0.3 is 29.8 Å². The van der Waals surface area contributed by atoms with Crippen LogP contribution in [0.5, 0.6) is 11.5 Å². The maximum absolute atomic E-state index is 16.1. The molecule has 1 unspecified atom stereocenters. The largest absolute Gasteiger partial charge is 0.493 e. The quantitative estimate of drug-likeness (QED) is 0.0203. The van der Waals surface area contributed by atoms with Gasteiger partial charge in [0.1, 0.15) is 57.0 Å². The molecule has 15 nitrogen and oxygen atoms in total. The lowest BCUT2D eigenvalue weighted by atomic mass is 9.77. The highest BCUT2D eigenvalue weighted by molar-refractivity contribution is 6.30. The van der Waals surface area contributed by atoms with E-state index in [0.29, 0.717) is 5.92 Å². The Morgan fingerprint density at radius 2 is 1.34 bits per heavy atom. The molecule has 1 heterocycles. The summed E-state index contributed by atoms with van der Waals surface area (Å²) < 4.78 is 68.7. The maximum atomic E-state index is 16.1. The zero-order valence-corrected chi connectivity index (χ0v) is 35.6. The van der Waals surface area contributed by atoms with E-state index in [1.165, 1.54) is 71.4 Å². The van der Waals surface area contributed by atoms with Crippen molar-refractivity contribution in [2.24, 2.45) is 11.3 Å². The highest BCUT2D eigenvalue weighted by Crippen LogP contribution is 2.41. The summed E-state index contributed by atoms with van der Waals surface area (Å²) in [5.74, 6) is -5.58. The number of halogens is 1. The molecule has 1 saturated heterocycles. The predicted molar refractivity (Wildman–Crippen MR) is 217 cm³/mol. The molecular formula is C45H59FO15. The minimum atomic E-state index is -1.58. The lowest BCUT2D eigenvalue weighted by Crippen LogP contribution is -2.45. The Morgan fingerprint density at radius 1 is 0.738 bits per heavy atom. The highest BCUT2D eigenvalue weighted by Gasteiger charge is 2.40. The van der Waals surface area contributed by atoms with Crippen LogP contribution in [0.3, 0.4) is 0 Å². The normalized spacial score (nSPS) is 17.2. The third-order valence-corrected chi connectivity index (χ3v) is 10.4. The van der Waals surface area contributed by atoms with Crippen LogP contribution in [0.15, 0.2) is 48.6 Å². The SMILES string of the molecule is C=C(C)C(=O)Oc1cc(OCC(COC(=O)C(=O)OCCOC)(COC(=O)C(=O)OCCOC)COC2CO2)ccc1-c1ccc(C2CCC(CCCCCC)CC2)cc1F. The van der Waals surface area contributed by atoms with Crippen LogP contribution >= 0.6 is 0 Å². The first-order valence-electron chi connectivity index (χ1n) is 20.7. The highest BCUT2D eigenvalue weighted by atomic mass is 19.1. The number of esters is 5. The molecule has 61 heavy (non-hydrogen) atoms. The van der Waals surface area contributed by atoms with Crippen LogP contribution < -0.4 is 9.47 Å². The van der Waals surface area contributed by atoms with E-state index in [0.717, 1.165) is 31.2 Å². The molecular weight excluding hydrogens is 799 g/mol. The van der Waals surface area contributed by atoms with E-state index < -0.39 is 67.2 Å². The summed E-state index contributed by atoms with van der Waals surface area (Å²) in [5, 5.41) is 0. The predicted octanol–water partition coefficient (Wildman–Crippen LogP) is 6.42. The fourth-order valence-corrected chi connectivity index (χ4v) is 6.73. The van der Waals surface area contributed by atoms with Crippen molar-refractivity contribution in [3.8, 4) is 22.6 Å². The lowest BCUT2D eigenvalue weighted by molar-refractivity contribution is -0.179. The second-order valence-corrected chi connectivity index (χ2v) is 15.4. The topological polar surface area (TPSA) is 181 Å². The van der Waals surface area contributed by atoms with Gasteiger partial charge in [-0.25, -0.2) is 28.4 Å². The van der Waals surface area contributed by atoms with E-state index in [2.05, 4.69) is 13.5 Å². The monoisotopic (exact) mass is 858 g/mol. The number of rotatable bonds is 25. The van der Waals surface area contributed by atoms with Crippen LogP contribution in [-0.2, 0) is 61.9 Å². The van der Waals surface area contributed by atoms with Crippen LogP contribution in [0, 0.1) is 17.2 Å². The second-order valence-electron chi connectivity index (χ2n) is 15.4. The molecule has 1 atom stereocenters. The van der Waals surface area contributed by atoms with E-state index in [-0.39, 0.29) is 73.8 Å². The number of carbonyl (C=O) groups is 5. The van der Waals surface area contributed by atoms with Crippen LogP contribution in [0.25, 0.3) is 11.1 Å². The molecule has 16 heteroatoms. The van der Waals surface area contributed by atoms with Crippen molar-refractivity contribution in [2.45, 2.75) is 83.8 Å². The molecule has 2 aliphatic rings. The molecule has 1 aliphatic carbocycles. The van der Waals surface area contributed by atoms with Gasteiger partial charge in [-0.05, 0) is 68.2 Å². The number of carbonyl (C=O) groups excluding carboxylic acids is 5. The number of epoxide rings is 1. The summed E-state index contributed by atoms with van der Waals surface area (Å²) in [6.45, 7) is 5.19. The fourth-order valence-electron chi connectivity index (χ4n) is 6.73. The number of ether oxygens (including phenoxy) is 10. The molecule has 0 aromatic heterocycles. The summed E-state index contributed by atoms with van der Waals surface area (Å²) in [5.41, 5.74) is -0.0960. The van der Waals surface area contributed by atoms with Crippen molar-refractivity contribution in [1.29, 1.82) is 0 Å². The molecule has 336 valence electrons. The van der Waals surface area contributed by atoms with Gasteiger partial charge in [-0.2, -0.15) is 0 Å². The number of unbranched alkanes of at least 4 members (excludes halogenated alkanes) is 3. The van der Waals surface area contributed by atoms with Gasteiger partial charge in [-0.3, -0.25) is 0 Å². The van der Waals surface area contributed by atoms with E-state index in [9.17, 15) is 24.0 Å². The molecule has 1 aliphatic heterocycles. The van der Waals surface area contributed by atoms with Crippen molar-refractivity contribution in [3.63, 3.8) is 0 Å². The minimum absolute atomic E-state index is 0.0308. The van der Waals surface area contributed by atoms with E-state index in [4.69, 9.17) is 47.4 Å². The molecule has 4 rings (SSSR count). The summed E-state index contributed by atoms with van der Waals surface area (Å²) in [7, 11) is 2.77. The van der Waals surface area contributed by atoms with Crippen molar-refractivity contribution < 1.29 is 75.7 Å². The Hall–Kier alpha value is -4.90. The average Bonchev–Trinajstić information content (AvgIpc) is 4.10. The Bertz CT molecular complexity index is 1740. The number of hydrogen-bond donors (Lipinski definition) is 0. The summed E-state index contributed by atoms with van der Waals surface area (Å²) in [6.07, 6.45) is 9.87. The van der Waals surface area contributed by atoms with Gasteiger partial charge in [-0.1, -0.05) is 57.7 Å². The van der Waals surface area contributed by atoms with Crippen molar-refractivity contribution in [3.05, 3.63) is 59.9 Å². The number of hydrogen-bond acceptors (Lipinski definition) is 15. The van der Waals surface area contributed by atoms with Crippen molar-refractivity contribution >= 4 is 29.8 Å². The van der Waals surface area contributed by atoms with Crippen molar-refractivity contribution in [2.75, 3.05) is 73.7 Å². The van der Waals surface area contributed by atoms with Gasteiger partial charge in [-0.15, -0.1) is 0 Å². The summed E-state index contributed by atoms with van der Waals surface area (Å²) in [6, 6.07) is 9.57. The molecule has 0 spiro atoms. The molecule has 0 radical (unpaired) electrons. The molecule has 0 N–H and O–H groups in total. The first-order valence-corrected chi connectivity index (χ1v) is 20.7. The molecule has 2 aromatic rings. The van der Waals surface area contributed by atoms with Gasteiger partial charge in [0.05, 0.1) is 25.2 Å². The summed E-state index contributed by atoms with van der Waals surface area (Å²) in [4.78, 5) is 62.8. The van der Waals surface area contributed by atoms with E-state index in [1.54, 1.807) is 12.1 Å². The van der Waals surface area contributed by atoms with Gasteiger partial charge in [0.25, 0.3) is 0 Å². The number of benzene rings is 2. The first kappa shape index (κ1) is 48.8. The lowest BCUT2D eigenvalue weighted by Gasteiger charge is -2.31. The number of methoxy groups -OCH3 is 2. The van der Waals surface area contributed by atoms with Crippen LogP contribution in [0.2, 0.25) is 0 Å². The minimum Gasteiger partial charge on any atom is -0.493 e. The molecule has 0 amide bonds. The van der Waals surface area contributed by atoms with Crippen LogP contribution in [-0.4, -0.2) is 110 Å². The molecule has 0 bridgehead atoms. The molecule has 2 fully saturated rings. The molecule has 2 aromatic carbocycles. The van der Waals surface area contributed by atoms with Gasteiger partial charge in [0.2, 0.25) is 0 Å². The Morgan fingerprint density at radius 3 is 1.90 bits per heavy atom. The van der Waals surface area contributed by atoms with Gasteiger partial charge in [0.15, 0.2) is 6.29 Å². The Kier molecular flexibility index (Phi) is 20.1.